The van der Waals surface area contributed by atoms with Gasteiger partial charge in [-0.3, -0.25) is 14.5 Å². The van der Waals surface area contributed by atoms with Crippen LogP contribution in [0.2, 0.25) is 0 Å². The standard InChI is InChI=1S/C11H23N3O2/c1-10(15)14(11(2)16)9-5-8-13-7-4-3-6-12/h13H,3-9,12H2,1-2H3. The number of amides is 2. The summed E-state index contributed by atoms with van der Waals surface area (Å²) < 4.78 is 0. The molecule has 0 atom stereocenters. The number of nitrogens with one attached hydrogen (secondary N) is 1. The molecule has 94 valence electrons. The second-order valence-corrected chi connectivity index (χ2v) is 3.79. The van der Waals surface area contributed by atoms with Gasteiger partial charge in [0.05, 0.1) is 0 Å². The van der Waals surface area contributed by atoms with Crippen molar-refractivity contribution in [2.45, 2.75) is 33.1 Å². The van der Waals surface area contributed by atoms with Crippen LogP contribution >= 0.6 is 0 Å². The Labute approximate surface area is 97.4 Å². The molecule has 0 aliphatic heterocycles. The van der Waals surface area contributed by atoms with Gasteiger partial charge in [0.1, 0.15) is 0 Å². The molecule has 2 amide bonds. The maximum absolute atomic E-state index is 11.1. The van der Waals surface area contributed by atoms with E-state index < -0.39 is 0 Å². The maximum atomic E-state index is 11.1. The largest absolute Gasteiger partial charge is 0.330 e. The van der Waals surface area contributed by atoms with Gasteiger partial charge in [-0.25, -0.2) is 0 Å². The number of nitrogens with two attached hydrogens (primary N) is 1. The van der Waals surface area contributed by atoms with Crippen molar-refractivity contribution in [2.75, 3.05) is 26.2 Å². The summed E-state index contributed by atoms with van der Waals surface area (Å²) >= 11 is 0. The van der Waals surface area contributed by atoms with Gasteiger partial charge in [-0.1, -0.05) is 0 Å². The van der Waals surface area contributed by atoms with E-state index in [4.69, 9.17) is 5.73 Å². The Morgan fingerprint density at radius 2 is 1.62 bits per heavy atom. The Morgan fingerprint density at radius 3 is 2.12 bits per heavy atom. The predicted octanol–water partition coefficient (Wildman–Crippen LogP) is 0.100. The van der Waals surface area contributed by atoms with E-state index in [1.807, 2.05) is 0 Å². The first-order valence-electron chi connectivity index (χ1n) is 5.79. The van der Waals surface area contributed by atoms with Crippen molar-refractivity contribution in [3.05, 3.63) is 0 Å². The highest BCUT2D eigenvalue weighted by Gasteiger charge is 2.11. The fraction of sp³-hybridized carbons (Fsp3) is 0.818. The molecule has 0 unspecified atom stereocenters. The average Bonchev–Trinajstić information content (AvgIpc) is 2.21. The lowest BCUT2D eigenvalue weighted by molar-refractivity contribution is -0.142. The van der Waals surface area contributed by atoms with Crippen molar-refractivity contribution in [1.29, 1.82) is 0 Å². The Bertz CT molecular complexity index is 205. The van der Waals surface area contributed by atoms with Crippen LogP contribution in [0.25, 0.3) is 0 Å². The summed E-state index contributed by atoms with van der Waals surface area (Å²) in [5, 5.41) is 3.25. The summed E-state index contributed by atoms with van der Waals surface area (Å²) in [4.78, 5) is 23.4. The van der Waals surface area contributed by atoms with Crippen LogP contribution in [0.1, 0.15) is 33.1 Å². The summed E-state index contributed by atoms with van der Waals surface area (Å²) in [6.07, 6.45) is 2.89. The summed E-state index contributed by atoms with van der Waals surface area (Å²) in [6.45, 7) is 5.81. The number of unbranched alkanes of at least 4 members (excludes halogenated alkanes) is 1. The molecule has 0 aromatic heterocycles. The maximum Gasteiger partial charge on any atom is 0.226 e. The van der Waals surface area contributed by atoms with Gasteiger partial charge in [-0.2, -0.15) is 0 Å². The minimum absolute atomic E-state index is 0.185. The molecule has 0 radical (unpaired) electrons. The molecule has 5 heteroatoms. The van der Waals surface area contributed by atoms with Crippen LogP contribution in [0.4, 0.5) is 0 Å². The smallest absolute Gasteiger partial charge is 0.226 e. The SMILES string of the molecule is CC(=O)N(CCCNCCCCN)C(C)=O. The van der Waals surface area contributed by atoms with E-state index in [0.29, 0.717) is 6.54 Å². The van der Waals surface area contributed by atoms with Crippen molar-refractivity contribution < 1.29 is 9.59 Å². The van der Waals surface area contributed by atoms with Gasteiger partial charge in [0.25, 0.3) is 0 Å². The molecule has 0 heterocycles. The topological polar surface area (TPSA) is 75.4 Å². The third kappa shape index (κ3) is 7.36. The van der Waals surface area contributed by atoms with Crippen LogP contribution in [0, 0.1) is 0 Å². The molecule has 0 aliphatic rings. The number of rotatable bonds is 8. The Morgan fingerprint density at radius 1 is 1.06 bits per heavy atom. The number of carbonyl (C=O) groups is 2. The molecule has 0 saturated heterocycles. The first-order valence-corrected chi connectivity index (χ1v) is 5.79. The average molecular weight is 229 g/mol. The first kappa shape index (κ1) is 15.1. The number of carbonyl (C=O) groups excluding carboxylic acids is 2. The lowest BCUT2D eigenvalue weighted by atomic mass is 10.3. The molecule has 0 rings (SSSR count). The highest BCUT2D eigenvalue weighted by molar-refractivity contribution is 5.92. The van der Waals surface area contributed by atoms with Crippen LogP contribution in [-0.4, -0.2) is 42.9 Å². The molecule has 5 nitrogen and oxygen atoms in total. The predicted molar refractivity (Wildman–Crippen MR) is 63.8 cm³/mol. The lowest BCUT2D eigenvalue weighted by Crippen LogP contribution is -2.35. The second-order valence-electron chi connectivity index (χ2n) is 3.79. The first-order chi connectivity index (χ1) is 7.59. The highest BCUT2D eigenvalue weighted by Crippen LogP contribution is 1.93. The van der Waals surface area contributed by atoms with Gasteiger partial charge in [0, 0.05) is 20.4 Å². The van der Waals surface area contributed by atoms with E-state index in [9.17, 15) is 9.59 Å². The Balaban J connectivity index is 3.48. The molecule has 0 aliphatic carbocycles. The molecule has 3 N–H and O–H groups in total. The monoisotopic (exact) mass is 229 g/mol. The van der Waals surface area contributed by atoms with E-state index in [-0.39, 0.29) is 11.8 Å². The normalized spacial score (nSPS) is 10.2. The third-order valence-electron chi connectivity index (χ3n) is 2.30. The number of nitrogens with zero attached hydrogens (tertiary/aromatic N) is 1. The van der Waals surface area contributed by atoms with E-state index in [1.54, 1.807) is 0 Å². The minimum atomic E-state index is -0.185. The molecule has 0 saturated carbocycles. The highest BCUT2D eigenvalue weighted by atomic mass is 16.2. The van der Waals surface area contributed by atoms with Crippen molar-refractivity contribution >= 4 is 11.8 Å². The van der Waals surface area contributed by atoms with E-state index in [2.05, 4.69) is 5.32 Å². The van der Waals surface area contributed by atoms with E-state index in [0.717, 1.165) is 38.9 Å². The molecular formula is C11H23N3O2. The number of hydrogen-bond donors (Lipinski definition) is 2. The molecule has 0 fully saturated rings. The summed E-state index contributed by atoms with van der Waals surface area (Å²) in [5.74, 6) is -0.369. The summed E-state index contributed by atoms with van der Waals surface area (Å²) in [6, 6.07) is 0. The molecule has 0 aromatic rings. The fourth-order valence-corrected chi connectivity index (χ4v) is 1.42. The van der Waals surface area contributed by atoms with E-state index >= 15 is 0 Å². The van der Waals surface area contributed by atoms with Crippen molar-refractivity contribution in [1.82, 2.24) is 10.2 Å². The van der Waals surface area contributed by atoms with Crippen LogP contribution in [-0.2, 0) is 9.59 Å². The summed E-state index contributed by atoms with van der Waals surface area (Å²) in [5.41, 5.74) is 5.37. The van der Waals surface area contributed by atoms with Crippen LogP contribution in [0.3, 0.4) is 0 Å². The van der Waals surface area contributed by atoms with Crippen LogP contribution in [0.5, 0.6) is 0 Å². The zero-order chi connectivity index (χ0) is 12.4. The summed E-state index contributed by atoms with van der Waals surface area (Å²) in [7, 11) is 0. The third-order valence-corrected chi connectivity index (χ3v) is 2.30. The minimum Gasteiger partial charge on any atom is -0.330 e. The van der Waals surface area contributed by atoms with Crippen LogP contribution in [0.15, 0.2) is 0 Å². The fourth-order valence-electron chi connectivity index (χ4n) is 1.42. The zero-order valence-corrected chi connectivity index (χ0v) is 10.3. The Kier molecular flexibility index (Phi) is 8.75. The molecule has 16 heavy (non-hydrogen) atoms. The van der Waals surface area contributed by atoms with E-state index in [1.165, 1.54) is 18.7 Å². The van der Waals surface area contributed by atoms with Gasteiger partial charge in [-0.15, -0.1) is 0 Å². The molecule has 0 spiro atoms. The molecular weight excluding hydrogens is 206 g/mol. The van der Waals surface area contributed by atoms with Gasteiger partial charge in [-0.05, 0) is 38.9 Å². The van der Waals surface area contributed by atoms with Crippen LogP contribution < -0.4 is 11.1 Å². The zero-order valence-electron chi connectivity index (χ0n) is 10.3. The van der Waals surface area contributed by atoms with Gasteiger partial charge >= 0.3 is 0 Å². The van der Waals surface area contributed by atoms with Crippen molar-refractivity contribution in [3.8, 4) is 0 Å². The molecule has 0 aromatic carbocycles. The van der Waals surface area contributed by atoms with Gasteiger partial charge < -0.3 is 11.1 Å². The van der Waals surface area contributed by atoms with Gasteiger partial charge in [0.2, 0.25) is 11.8 Å². The second kappa shape index (κ2) is 9.30. The van der Waals surface area contributed by atoms with Crippen molar-refractivity contribution in [2.24, 2.45) is 5.73 Å². The number of hydrogen-bond acceptors (Lipinski definition) is 4. The quantitative estimate of drug-likeness (QED) is 0.579. The van der Waals surface area contributed by atoms with Crippen molar-refractivity contribution in [3.63, 3.8) is 0 Å². The number of imide groups is 1. The lowest BCUT2D eigenvalue weighted by Gasteiger charge is -2.16. The van der Waals surface area contributed by atoms with Gasteiger partial charge in [0.15, 0.2) is 0 Å². The molecule has 0 bridgehead atoms. The Hall–Kier alpha value is -0.940.